The Bertz CT molecular complexity index is 928. The van der Waals surface area contributed by atoms with Gasteiger partial charge in [-0.05, 0) is 24.6 Å². The Morgan fingerprint density at radius 2 is 1.86 bits per heavy atom. The first-order valence-electron chi connectivity index (χ1n) is 9.28. The van der Waals surface area contributed by atoms with E-state index in [1.165, 1.54) is 6.07 Å². The van der Waals surface area contributed by atoms with E-state index in [4.69, 9.17) is 0 Å². The summed E-state index contributed by atoms with van der Waals surface area (Å²) in [5, 5.41) is 6.45. The van der Waals surface area contributed by atoms with Gasteiger partial charge in [0.05, 0.1) is 18.6 Å². The van der Waals surface area contributed by atoms with Gasteiger partial charge in [0, 0.05) is 31.0 Å². The number of aliphatic imine (C=N–C) groups is 1. The SMILES string of the molecule is CCNC(=NCc1ccccc1OC(F)F)NCc1ccccc1-n1ccnc1. The van der Waals surface area contributed by atoms with Crippen molar-refractivity contribution in [2.75, 3.05) is 6.54 Å². The van der Waals surface area contributed by atoms with Crippen LogP contribution in [-0.4, -0.2) is 28.7 Å². The van der Waals surface area contributed by atoms with Gasteiger partial charge in [-0.15, -0.1) is 0 Å². The number of halogens is 2. The van der Waals surface area contributed by atoms with Crippen LogP contribution >= 0.6 is 0 Å². The summed E-state index contributed by atoms with van der Waals surface area (Å²) in [7, 11) is 0. The van der Waals surface area contributed by atoms with Crippen molar-refractivity contribution >= 4 is 5.96 Å². The Hall–Kier alpha value is -3.42. The van der Waals surface area contributed by atoms with E-state index >= 15 is 0 Å². The van der Waals surface area contributed by atoms with E-state index in [0.717, 1.165) is 11.3 Å². The Morgan fingerprint density at radius 3 is 2.59 bits per heavy atom. The topological polar surface area (TPSA) is 63.5 Å². The van der Waals surface area contributed by atoms with Crippen molar-refractivity contribution in [2.45, 2.75) is 26.6 Å². The number of hydrogen-bond acceptors (Lipinski definition) is 3. The van der Waals surface area contributed by atoms with Gasteiger partial charge in [0.15, 0.2) is 5.96 Å². The molecule has 0 aliphatic rings. The molecule has 0 radical (unpaired) electrons. The number of nitrogens with zero attached hydrogens (tertiary/aromatic N) is 3. The smallest absolute Gasteiger partial charge is 0.387 e. The molecular weight excluding hydrogens is 376 g/mol. The molecule has 0 atom stereocenters. The van der Waals surface area contributed by atoms with E-state index in [0.29, 0.717) is 24.6 Å². The lowest BCUT2D eigenvalue weighted by molar-refractivity contribution is -0.0504. The molecule has 0 amide bonds. The fourth-order valence-corrected chi connectivity index (χ4v) is 2.84. The minimum absolute atomic E-state index is 0.132. The molecule has 0 fully saturated rings. The highest BCUT2D eigenvalue weighted by molar-refractivity contribution is 5.79. The molecular formula is C21H23F2N5O. The Kier molecular flexibility index (Phi) is 7.16. The van der Waals surface area contributed by atoms with E-state index in [2.05, 4.69) is 25.3 Å². The monoisotopic (exact) mass is 399 g/mol. The zero-order valence-corrected chi connectivity index (χ0v) is 16.1. The van der Waals surface area contributed by atoms with E-state index in [1.807, 2.05) is 42.0 Å². The molecule has 0 unspecified atom stereocenters. The summed E-state index contributed by atoms with van der Waals surface area (Å²) in [6.45, 7) is 0.511. The summed E-state index contributed by atoms with van der Waals surface area (Å²) in [4.78, 5) is 8.61. The predicted octanol–water partition coefficient (Wildman–Crippen LogP) is 3.73. The molecule has 1 heterocycles. The van der Waals surface area contributed by atoms with Crippen LogP contribution in [0.5, 0.6) is 5.75 Å². The number of imidazole rings is 1. The van der Waals surface area contributed by atoms with Gasteiger partial charge in [0.1, 0.15) is 5.75 Å². The highest BCUT2D eigenvalue weighted by Crippen LogP contribution is 2.21. The Balaban J connectivity index is 1.72. The maximum atomic E-state index is 12.6. The summed E-state index contributed by atoms with van der Waals surface area (Å²) in [5.41, 5.74) is 2.67. The third kappa shape index (κ3) is 5.78. The third-order valence-corrected chi connectivity index (χ3v) is 4.16. The quantitative estimate of drug-likeness (QED) is 0.448. The molecule has 1 aromatic heterocycles. The van der Waals surface area contributed by atoms with Crippen molar-refractivity contribution in [2.24, 2.45) is 4.99 Å². The van der Waals surface area contributed by atoms with E-state index in [9.17, 15) is 8.78 Å². The number of rotatable bonds is 8. The van der Waals surface area contributed by atoms with Crippen molar-refractivity contribution in [1.29, 1.82) is 0 Å². The lowest BCUT2D eigenvalue weighted by Gasteiger charge is -2.15. The van der Waals surface area contributed by atoms with E-state index in [1.54, 1.807) is 30.7 Å². The fraction of sp³-hybridized carbons (Fsp3) is 0.238. The molecule has 0 aliphatic carbocycles. The predicted molar refractivity (Wildman–Crippen MR) is 108 cm³/mol. The van der Waals surface area contributed by atoms with Crippen molar-refractivity contribution in [3.63, 3.8) is 0 Å². The van der Waals surface area contributed by atoms with Gasteiger partial charge in [0.2, 0.25) is 0 Å². The average molecular weight is 399 g/mol. The van der Waals surface area contributed by atoms with Gasteiger partial charge in [-0.2, -0.15) is 8.78 Å². The minimum atomic E-state index is -2.87. The normalized spacial score (nSPS) is 11.5. The average Bonchev–Trinajstić information content (AvgIpc) is 3.25. The fourth-order valence-electron chi connectivity index (χ4n) is 2.84. The van der Waals surface area contributed by atoms with Crippen LogP contribution in [0.4, 0.5) is 8.78 Å². The molecule has 29 heavy (non-hydrogen) atoms. The van der Waals surface area contributed by atoms with Gasteiger partial charge in [-0.25, -0.2) is 9.98 Å². The number of aromatic nitrogens is 2. The first kappa shape index (κ1) is 20.3. The van der Waals surface area contributed by atoms with Crippen molar-refractivity contribution < 1.29 is 13.5 Å². The van der Waals surface area contributed by atoms with E-state index in [-0.39, 0.29) is 12.3 Å². The Morgan fingerprint density at radius 1 is 1.10 bits per heavy atom. The molecule has 152 valence electrons. The highest BCUT2D eigenvalue weighted by Gasteiger charge is 2.09. The maximum absolute atomic E-state index is 12.6. The second-order valence-corrected chi connectivity index (χ2v) is 6.13. The molecule has 0 saturated carbocycles. The van der Waals surface area contributed by atoms with Gasteiger partial charge < -0.3 is 19.9 Å². The number of benzene rings is 2. The maximum Gasteiger partial charge on any atom is 0.387 e. The van der Waals surface area contributed by atoms with Crippen LogP contribution in [0.25, 0.3) is 5.69 Å². The van der Waals surface area contributed by atoms with Crippen molar-refractivity contribution in [3.05, 3.63) is 78.4 Å². The highest BCUT2D eigenvalue weighted by atomic mass is 19.3. The van der Waals surface area contributed by atoms with Crippen LogP contribution in [-0.2, 0) is 13.1 Å². The molecule has 0 spiro atoms. The third-order valence-electron chi connectivity index (χ3n) is 4.16. The molecule has 2 N–H and O–H groups in total. The van der Waals surface area contributed by atoms with Crippen LogP contribution in [0.3, 0.4) is 0 Å². The van der Waals surface area contributed by atoms with Gasteiger partial charge in [0.25, 0.3) is 0 Å². The van der Waals surface area contributed by atoms with Crippen molar-refractivity contribution in [3.8, 4) is 11.4 Å². The number of alkyl halides is 2. The molecule has 3 aromatic rings. The molecule has 8 heteroatoms. The first-order chi connectivity index (χ1) is 14.2. The van der Waals surface area contributed by atoms with Crippen LogP contribution in [0, 0.1) is 0 Å². The van der Waals surface area contributed by atoms with Gasteiger partial charge >= 0.3 is 6.61 Å². The molecule has 3 rings (SSSR count). The number of guanidine groups is 1. The largest absolute Gasteiger partial charge is 0.434 e. The summed E-state index contributed by atoms with van der Waals surface area (Å²) < 4.78 is 31.7. The summed E-state index contributed by atoms with van der Waals surface area (Å²) in [5.74, 6) is 0.715. The first-order valence-corrected chi connectivity index (χ1v) is 9.28. The zero-order chi connectivity index (χ0) is 20.5. The number of ether oxygens (including phenoxy) is 1. The number of para-hydroxylation sites is 2. The number of hydrogen-bond donors (Lipinski definition) is 2. The zero-order valence-electron chi connectivity index (χ0n) is 16.1. The molecule has 6 nitrogen and oxygen atoms in total. The summed E-state index contributed by atoms with van der Waals surface area (Å²) in [6, 6.07) is 14.6. The lowest BCUT2D eigenvalue weighted by atomic mass is 10.1. The van der Waals surface area contributed by atoms with Gasteiger partial charge in [-0.3, -0.25) is 0 Å². The van der Waals surface area contributed by atoms with Crippen LogP contribution in [0.1, 0.15) is 18.1 Å². The van der Waals surface area contributed by atoms with Gasteiger partial charge in [-0.1, -0.05) is 36.4 Å². The second kappa shape index (κ2) is 10.2. The van der Waals surface area contributed by atoms with Crippen LogP contribution in [0.15, 0.2) is 72.2 Å². The van der Waals surface area contributed by atoms with E-state index < -0.39 is 6.61 Å². The summed E-state index contributed by atoms with van der Waals surface area (Å²) in [6.07, 6.45) is 5.37. The van der Waals surface area contributed by atoms with Crippen LogP contribution < -0.4 is 15.4 Å². The van der Waals surface area contributed by atoms with Crippen LogP contribution in [0.2, 0.25) is 0 Å². The lowest BCUT2D eigenvalue weighted by Crippen LogP contribution is -2.37. The molecule has 0 saturated heterocycles. The molecule has 0 aliphatic heterocycles. The number of nitrogens with one attached hydrogen (secondary N) is 2. The second-order valence-electron chi connectivity index (χ2n) is 6.13. The Labute approximate surface area is 168 Å². The molecule has 0 bridgehead atoms. The summed E-state index contributed by atoms with van der Waals surface area (Å²) >= 11 is 0. The molecule has 2 aromatic carbocycles. The minimum Gasteiger partial charge on any atom is -0.434 e. The standard InChI is InChI=1S/C21H23F2N5O/c1-2-25-21(27-14-17-8-4-6-10-19(17)29-20(22)23)26-13-16-7-3-5-9-18(16)28-12-11-24-15-28/h3-12,15,20H,2,13-14H2,1H3,(H2,25,26,27). The van der Waals surface area contributed by atoms with Crippen molar-refractivity contribution in [1.82, 2.24) is 20.2 Å².